The van der Waals surface area contributed by atoms with E-state index in [1.807, 2.05) is 0 Å². The first-order valence-corrected chi connectivity index (χ1v) is 10.0. The molecule has 1 aliphatic heterocycles. The van der Waals surface area contributed by atoms with Gasteiger partial charge in [-0.2, -0.15) is 8.42 Å². The van der Waals surface area contributed by atoms with E-state index in [0.29, 0.717) is 0 Å². The van der Waals surface area contributed by atoms with E-state index >= 15 is 0 Å². The first-order chi connectivity index (χ1) is 13.3. The van der Waals surface area contributed by atoms with Crippen molar-refractivity contribution in [2.24, 2.45) is 5.16 Å². The summed E-state index contributed by atoms with van der Waals surface area (Å²) in [5.41, 5.74) is 2.66. The van der Waals surface area contributed by atoms with Crippen molar-refractivity contribution < 1.29 is 42.4 Å². The molecule has 0 aromatic carbocycles. The average Bonchev–Trinajstić information content (AvgIpc) is 3.04. The molecule has 0 aliphatic carbocycles. The Morgan fingerprint density at radius 3 is 2.55 bits per heavy atom. The van der Waals surface area contributed by atoms with Gasteiger partial charge in [-0.05, 0) is 13.8 Å². The number of hydrogen-bond donors (Lipinski definition) is 5. The number of β-lactam (4-membered cyclic amide) rings is 1. The highest BCUT2D eigenvalue weighted by atomic mass is 32.2. The lowest BCUT2D eigenvalue weighted by Gasteiger charge is -2.42. The number of aliphatic hydroxyl groups is 1. The smallest absolute Gasteiger partial charge is 0.362 e. The van der Waals surface area contributed by atoms with Crippen LogP contribution in [-0.4, -0.2) is 80.3 Å². The van der Waals surface area contributed by atoms with Crippen molar-refractivity contribution in [1.82, 2.24) is 14.6 Å². The molecule has 14 nitrogen and oxygen atoms in total. The molecule has 16 heteroatoms. The van der Waals surface area contributed by atoms with Gasteiger partial charge in [0.1, 0.15) is 11.7 Å². The molecular formula is C13H17N5O9S2. The van der Waals surface area contributed by atoms with Crippen LogP contribution in [0, 0.1) is 0 Å². The number of aromatic nitrogens is 1. The first-order valence-electron chi connectivity index (χ1n) is 7.75. The van der Waals surface area contributed by atoms with Gasteiger partial charge < -0.3 is 26.1 Å². The molecule has 1 aliphatic rings. The first kappa shape index (κ1) is 22.5. The Kier molecular flexibility index (Phi) is 6.12. The van der Waals surface area contributed by atoms with Gasteiger partial charge in [0.05, 0.1) is 12.6 Å². The topological polar surface area (TPSA) is 222 Å². The van der Waals surface area contributed by atoms with Gasteiger partial charge in [-0.3, -0.25) is 14.1 Å². The number of nitrogen functional groups attached to an aromatic ring is 1. The Labute approximate surface area is 167 Å². The number of hydrogen-bond acceptors (Lipinski definition) is 11. The van der Waals surface area contributed by atoms with E-state index in [4.69, 9.17) is 20.2 Å². The molecule has 1 aromatic heterocycles. The van der Waals surface area contributed by atoms with E-state index in [-0.39, 0.29) is 15.1 Å². The molecule has 1 saturated heterocycles. The molecule has 0 radical (unpaired) electrons. The molecule has 160 valence electrons. The van der Waals surface area contributed by atoms with Crippen molar-refractivity contribution in [3.8, 4) is 0 Å². The molecule has 0 spiro atoms. The van der Waals surface area contributed by atoms with Crippen molar-refractivity contribution >= 4 is 50.3 Å². The van der Waals surface area contributed by atoms with Crippen LogP contribution in [0.3, 0.4) is 0 Å². The van der Waals surface area contributed by atoms with Crippen molar-refractivity contribution in [2.45, 2.75) is 31.5 Å². The van der Waals surface area contributed by atoms with Gasteiger partial charge in [-0.15, -0.1) is 11.3 Å². The summed E-state index contributed by atoms with van der Waals surface area (Å²) in [5, 5.41) is 25.3. The Bertz CT molecular complexity index is 975. The summed E-state index contributed by atoms with van der Waals surface area (Å²) in [6.07, 6.45) is 0. The number of aliphatic carboxylic acids is 1. The zero-order valence-corrected chi connectivity index (χ0v) is 16.6. The number of aliphatic hydroxyl groups excluding tert-OH is 1. The third-order valence-electron chi connectivity index (χ3n) is 3.94. The van der Waals surface area contributed by atoms with E-state index < -0.39 is 58.1 Å². The van der Waals surface area contributed by atoms with Crippen molar-refractivity contribution in [2.75, 3.05) is 12.3 Å². The number of nitrogens with zero attached hydrogens (tertiary/aromatic N) is 3. The minimum Gasteiger partial charge on any atom is -0.478 e. The number of rotatable bonds is 8. The Morgan fingerprint density at radius 1 is 1.52 bits per heavy atom. The minimum absolute atomic E-state index is 0.0503. The molecule has 0 bridgehead atoms. The van der Waals surface area contributed by atoms with Crippen LogP contribution in [0.2, 0.25) is 0 Å². The number of nitrogens with one attached hydrogen (secondary N) is 1. The van der Waals surface area contributed by atoms with E-state index in [9.17, 15) is 27.9 Å². The molecule has 2 amide bonds. The molecule has 6 N–H and O–H groups in total. The number of amides is 2. The molecule has 1 unspecified atom stereocenters. The van der Waals surface area contributed by atoms with Gasteiger partial charge in [0.15, 0.2) is 10.8 Å². The van der Waals surface area contributed by atoms with Gasteiger partial charge in [0.25, 0.3) is 17.4 Å². The molecule has 3 atom stereocenters. The molecule has 0 saturated carbocycles. The summed E-state index contributed by atoms with van der Waals surface area (Å²) >= 11 is 0.936. The zero-order valence-electron chi connectivity index (χ0n) is 15.0. The third-order valence-corrected chi connectivity index (χ3v) is 5.63. The maximum Gasteiger partial charge on any atom is 0.362 e. The number of carboxylic acid groups (broad SMARTS) is 1. The molecule has 1 aromatic rings. The summed E-state index contributed by atoms with van der Waals surface area (Å²) in [5.74, 6) is -3.70. The van der Waals surface area contributed by atoms with E-state index in [1.54, 1.807) is 0 Å². The predicted molar refractivity (Wildman–Crippen MR) is 97.1 cm³/mol. The largest absolute Gasteiger partial charge is 0.478 e. The Morgan fingerprint density at radius 2 is 2.14 bits per heavy atom. The quantitative estimate of drug-likeness (QED) is 0.123. The van der Waals surface area contributed by atoms with Crippen molar-refractivity contribution in [3.63, 3.8) is 0 Å². The second-order valence-electron chi connectivity index (χ2n) is 6.10. The Balaban J connectivity index is 2.28. The summed E-state index contributed by atoms with van der Waals surface area (Å²) < 4.78 is 31.4. The van der Waals surface area contributed by atoms with Crippen LogP contribution in [0.4, 0.5) is 5.13 Å². The number of thiazole rings is 1. The van der Waals surface area contributed by atoms with Gasteiger partial charge in [0, 0.05) is 5.38 Å². The number of carbonyl (C=O) groups excluding carboxylic acids is 2. The van der Waals surface area contributed by atoms with E-state index in [2.05, 4.69) is 15.5 Å². The van der Waals surface area contributed by atoms with Crippen LogP contribution < -0.4 is 11.1 Å². The molecule has 2 heterocycles. The number of oxime groups is 1. The summed E-state index contributed by atoms with van der Waals surface area (Å²) in [6, 6.07) is -2.40. The second kappa shape index (κ2) is 7.90. The monoisotopic (exact) mass is 451 g/mol. The standard InChI is InChI=1S/C13H17N5O9S2/c1-5-7(10(21)18(5)29(24,25)26)16-9(20)8(6-3-28-12(14)15-6)17-27-13(2,4-19)11(22)23/h3,5,7,19H,4H2,1-2H3,(H2,14,15)(H,16,20)(H,22,23)(H,24,25,26)/b17-8-/t5-,7-,13?/m0/s1. The summed E-state index contributed by atoms with van der Waals surface area (Å²) in [4.78, 5) is 44.4. The Hall–Kier alpha value is -2.82. The van der Waals surface area contributed by atoms with Gasteiger partial charge >= 0.3 is 16.3 Å². The van der Waals surface area contributed by atoms with Crippen LogP contribution in [0.25, 0.3) is 0 Å². The number of carboxylic acids is 1. The van der Waals surface area contributed by atoms with E-state index in [0.717, 1.165) is 18.3 Å². The minimum atomic E-state index is -4.79. The highest BCUT2D eigenvalue weighted by molar-refractivity contribution is 7.84. The maximum absolute atomic E-state index is 12.6. The van der Waals surface area contributed by atoms with Crippen LogP contribution in [0.1, 0.15) is 19.5 Å². The number of nitrogens with two attached hydrogens (primary N) is 1. The van der Waals surface area contributed by atoms with Gasteiger partial charge in [-0.1, -0.05) is 5.16 Å². The predicted octanol–water partition coefficient (Wildman–Crippen LogP) is -2.20. The fourth-order valence-electron chi connectivity index (χ4n) is 2.20. The highest BCUT2D eigenvalue weighted by Gasteiger charge is 2.51. The lowest BCUT2D eigenvalue weighted by molar-refractivity contribution is -0.168. The van der Waals surface area contributed by atoms with Gasteiger partial charge in [0.2, 0.25) is 0 Å². The fourth-order valence-corrected chi connectivity index (χ4v) is 3.63. The molecular weight excluding hydrogens is 434 g/mol. The average molecular weight is 451 g/mol. The highest BCUT2D eigenvalue weighted by Crippen LogP contribution is 2.23. The summed E-state index contributed by atoms with van der Waals surface area (Å²) in [6.45, 7) is 1.30. The molecule has 29 heavy (non-hydrogen) atoms. The number of anilines is 1. The fraction of sp³-hybridized carbons (Fsp3) is 0.462. The molecule has 2 rings (SSSR count). The van der Waals surface area contributed by atoms with E-state index in [1.165, 1.54) is 12.3 Å². The maximum atomic E-state index is 12.6. The molecule has 1 fully saturated rings. The van der Waals surface area contributed by atoms with Crippen LogP contribution in [0.15, 0.2) is 10.5 Å². The lowest BCUT2D eigenvalue weighted by Crippen LogP contribution is -2.71. The lowest BCUT2D eigenvalue weighted by atomic mass is 10.0. The number of carbonyl (C=O) groups is 3. The van der Waals surface area contributed by atoms with Crippen molar-refractivity contribution in [1.29, 1.82) is 0 Å². The van der Waals surface area contributed by atoms with Crippen molar-refractivity contribution in [3.05, 3.63) is 11.1 Å². The normalized spacial score (nSPS) is 21.9. The van der Waals surface area contributed by atoms with Crippen LogP contribution in [0.5, 0.6) is 0 Å². The SMILES string of the molecule is C[C@H]1[C@H](NC(=O)/C(=N\OC(C)(CO)C(=O)O)c2csc(N)n2)C(=O)N1S(=O)(=O)O. The third kappa shape index (κ3) is 4.44. The zero-order chi connectivity index (χ0) is 22.1. The van der Waals surface area contributed by atoms with Crippen LogP contribution in [-0.2, 0) is 29.5 Å². The second-order valence-corrected chi connectivity index (χ2v) is 8.28. The van der Waals surface area contributed by atoms with Crippen LogP contribution >= 0.6 is 11.3 Å². The van der Waals surface area contributed by atoms with Gasteiger partial charge in [-0.25, -0.2) is 14.1 Å². The summed E-state index contributed by atoms with van der Waals surface area (Å²) in [7, 11) is -4.79.